The van der Waals surface area contributed by atoms with Gasteiger partial charge in [-0.2, -0.15) is 0 Å². The maximum atomic E-state index is 12.7. The number of nitrogens with zero attached hydrogens (tertiary/aromatic N) is 1. The number of amides is 4. The predicted octanol–water partition coefficient (Wildman–Crippen LogP) is -0.257. The highest BCUT2D eigenvalue weighted by Crippen LogP contribution is 2.18. The van der Waals surface area contributed by atoms with E-state index in [9.17, 15) is 14.4 Å². The molecule has 1 saturated heterocycles. The monoisotopic (exact) mass is 290 g/mol. The minimum Gasteiger partial charge on any atom is -0.353 e. The van der Waals surface area contributed by atoms with Gasteiger partial charge in [0.2, 0.25) is 5.91 Å². The molecule has 0 saturated carbocycles. The Kier molecular flexibility index (Phi) is 4.42. The largest absolute Gasteiger partial charge is 0.353 e. The van der Waals surface area contributed by atoms with Crippen LogP contribution in [0.2, 0.25) is 0 Å². The van der Waals surface area contributed by atoms with Crippen LogP contribution in [0.1, 0.15) is 18.5 Å². The third kappa shape index (κ3) is 3.31. The van der Waals surface area contributed by atoms with Gasteiger partial charge in [-0.15, -0.1) is 0 Å². The molecule has 1 heterocycles. The van der Waals surface area contributed by atoms with Crippen LogP contribution in [0.3, 0.4) is 0 Å². The van der Waals surface area contributed by atoms with Gasteiger partial charge in [0.25, 0.3) is 5.91 Å². The molecular formula is C14H18N4O3. The van der Waals surface area contributed by atoms with Gasteiger partial charge in [0.15, 0.2) is 0 Å². The van der Waals surface area contributed by atoms with Gasteiger partial charge in [0, 0.05) is 13.1 Å². The van der Waals surface area contributed by atoms with E-state index >= 15 is 0 Å². The van der Waals surface area contributed by atoms with E-state index in [2.05, 4.69) is 10.6 Å². The lowest BCUT2D eigenvalue weighted by molar-refractivity contribution is -0.143. The summed E-state index contributed by atoms with van der Waals surface area (Å²) in [5.41, 5.74) is 5.78. The van der Waals surface area contributed by atoms with Crippen LogP contribution in [0.25, 0.3) is 0 Å². The summed E-state index contributed by atoms with van der Waals surface area (Å²) in [5, 5.41) is 5.14. The summed E-state index contributed by atoms with van der Waals surface area (Å²) in [6.45, 7) is 2.45. The molecule has 0 aliphatic carbocycles. The molecule has 2 atom stereocenters. The second-order valence-corrected chi connectivity index (χ2v) is 4.85. The first-order chi connectivity index (χ1) is 10.0. The summed E-state index contributed by atoms with van der Waals surface area (Å²) in [6.07, 6.45) is 0. The van der Waals surface area contributed by atoms with Crippen LogP contribution >= 0.6 is 0 Å². The highest BCUT2D eigenvalue weighted by molar-refractivity contribution is 5.93. The van der Waals surface area contributed by atoms with Gasteiger partial charge in [-0.3, -0.25) is 9.59 Å². The average molecular weight is 290 g/mol. The normalized spacial score (nSPS) is 19.6. The van der Waals surface area contributed by atoms with Crippen LogP contribution in [-0.4, -0.2) is 41.9 Å². The lowest BCUT2D eigenvalue weighted by atomic mass is 10.0. The van der Waals surface area contributed by atoms with Crippen LogP contribution in [0, 0.1) is 0 Å². The van der Waals surface area contributed by atoms with Crippen LogP contribution in [0.5, 0.6) is 0 Å². The average Bonchev–Trinajstić information content (AvgIpc) is 2.48. The summed E-state index contributed by atoms with van der Waals surface area (Å²) >= 11 is 0. The molecule has 21 heavy (non-hydrogen) atoms. The lowest BCUT2D eigenvalue weighted by Crippen LogP contribution is -2.58. The smallest absolute Gasteiger partial charge is 0.313 e. The molecule has 1 aliphatic heterocycles. The topological polar surface area (TPSA) is 105 Å². The molecule has 2 rings (SSSR count). The van der Waals surface area contributed by atoms with E-state index in [-0.39, 0.29) is 11.8 Å². The second-order valence-electron chi connectivity index (χ2n) is 4.85. The summed E-state index contributed by atoms with van der Waals surface area (Å²) in [6, 6.07) is 6.55. The molecule has 0 radical (unpaired) electrons. The van der Waals surface area contributed by atoms with Crippen molar-refractivity contribution in [2.24, 2.45) is 5.73 Å². The van der Waals surface area contributed by atoms with Crippen molar-refractivity contribution < 1.29 is 14.4 Å². The van der Waals surface area contributed by atoms with Crippen molar-refractivity contribution in [2.45, 2.75) is 19.0 Å². The fourth-order valence-electron chi connectivity index (χ4n) is 2.32. The van der Waals surface area contributed by atoms with Gasteiger partial charge in [0.1, 0.15) is 12.1 Å². The van der Waals surface area contributed by atoms with E-state index in [0.717, 1.165) is 0 Å². The molecule has 0 aromatic heterocycles. The fourth-order valence-corrected chi connectivity index (χ4v) is 2.32. The van der Waals surface area contributed by atoms with Crippen LogP contribution in [0.15, 0.2) is 30.3 Å². The molecule has 112 valence electrons. The Morgan fingerprint density at radius 1 is 1.38 bits per heavy atom. The summed E-state index contributed by atoms with van der Waals surface area (Å²) in [5.74, 6) is -0.553. The van der Waals surface area contributed by atoms with E-state index in [4.69, 9.17) is 5.73 Å². The second kappa shape index (κ2) is 6.25. The molecule has 7 nitrogen and oxygen atoms in total. The Bertz CT molecular complexity index is 546. The third-order valence-electron chi connectivity index (χ3n) is 3.45. The number of hydrogen-bond acceptors (Lipinski definition) is 3. The molecule has 4 amide bonds. The number of carbonyl (C=O) groups is 3. The van der Waals surface area contributed by atoms with E-state index < -0.39 is 18.1 Å². The third-order valence-corrected chi connectivity index (χ3v) is 3.45. The van der Waals surface area contributed by atoms with Crippen LogP contribution in [0.4, 0.5) is 4.79 Å². The maximum Gasteiger partial charge on any atom is 0.313 e. The Morgan fingerprint density at radius 3 is 2.67 bits per heavy atom. The quantitative estimate of drug-likeness (QED) is 0.714. The van der Waals surface area contributed by atoms with E-state index in [1.54, 1.807) is 31.2 Å². The minimum atomic E-state index is -0.892. The number of hydrogen-bond donors (Lipinski definition) is 3. The van der Waals surface area contributed by atoms with E-state index in [1.807, 2.05) is 6.07 Å². The highest BCUT2D eigenvalue weighted by Gasteiger charge is 2.34. The fraction of sp³-hybridized carbons (Fsp3) is 0.357. The number of nitrogens with two attached hydrogens (primary N) is 1. The van der Waals surface area contributed by atoms with Gasteiger partial charge >= 0.3 is 6.03 Å². The zero-order valence-electron chi connectivity index (χ0n) is 11.7. The lowest BCUT2D eigenvalue weighted by Gasteiger charge is -2.35. The van der Waals surface area contributed by atoms with E-state index in [0.29, 0.717) is 18.7 Å². The summed E-state index contributed by atoms with van der Waals surface area (Å²) < 4.78 is 0. The van der Waals surface area contributed by atoms with Crippen molar-refractivity contribution in [3.8, 4) is 0 Å². The Morgan fingerprint density at radius 2 is 2.05 bits per heavy atom. The first-order valence-electron chi connectivity index (χ1n) is 6.70. The number of urea groups is 1. The Balaban J connectivity index is 2.26. The summed E-state index contributed by atoms with van der Waals surface area (Å²) in [4.78, 5) is 37.0. The molecule has 1 aromatic rings. The zero-order chi connectivity index (χ0) is 15.4. The SMILES string of the molecule is CC1C(=O)NCCN1C(=O)C(NC(N)=O)c1ccccc1. The van der Waals surface area contributed by atoms with Crippen molar-refractivity contribution in [1.29, 1.82) is 0 Å². The number of piperazine rings is 1. The van der Waals surface area contributed by atoms with E-state index in [1.165, 1.54) is 4.90 Å². The molecule has 1 aliphatic rings. The molecule has 0 spiro atoms. The summed E-state index contributed by atoms with van der Waals surface area (Å²) in [7, 11) is 0. The number of nitrogens with one attached hydrogen (secondary N) is 2. The van der Waals surface area contributed by atoms with Gasteiger partial charge in [0.05, 0.1) is 0 Å². The zero-order valence-corrected chi connectivity index (χ0v) is 11.7. The van der Waals surface area contributed by atoms with Crippen molar-refractivity contribution in [3.63, 3.8) is 0 Å². The maximum absolute atomic E-state index is 12.7. The van der Waals surface area contributed by atoms with Crippen LogP contribution < -0.4 is 16.4 Å². The number of primary amides is 1. The van der Waals surface area contributed by atoms with Gasteiger partial charge in [-0.1, -0.05) is 30.3 Å². The van der Waals surface area contributed by atoms with Gasteiger partial charge < -0.3 is 21.3 Å². The van der Waals surface area contributed by atoms with Crippen molar-refractivity contribution in [1.82, 2.24) is 15.5 Å². The molecular weight excluding hydrogens is 272 g/mol. The number of carbonyl (C=O) groups excluding carboxylic acids is 3. The van der Waals surface area contributed by atoms with Gasteiger partial charge in [-0.05, 0) is 12.5 Å². The number of rotatable bonds is 3. The van der Waals surface area contributed by atoms with Crippen molar-refractivity contribution in [2.75, 3.05) is 13.1 Å². The first kappa shape index (κ1) is 14.8. The number of benzene rings is 1. The van der Waals surface area contributed by atoms with Crippen molar-refractivity contribution >= 4 is 17.8 Å². The molecule has 4 N–H and O–H groups in total. The molecule has 7 heteroatoms. The highest BCUT2D eigenvalue weighted by atomic mass is 16.2. The van der Waals surface area contributed by atoms with Crippen molar-refractivity contribution in [3.05, 3.63) is 35.9 Å². The Hall–Kier alpha value is -2.57. The minimum absolute atomic E-state index is 0.208. The van der Waals surface area contributed by atoms with Crippen LogP contribution in [-0.2, 0) is 9.59 Å². The molecule has 2 unspecified atom stereocenters. The predicted molar refractivity (Wildman–Crippen MR) is 76.1 cm³/mol. The molecule has 0 bridgehead atoms. The first-order valence-corrected chi connectivity index (χ1v) is 6.70. The Labute approximate surface area is 122 Å². The standard InChI is InChI=1S/C14H18N4O3/c1-9-12(19)16-7-8-18(9)13(20)11(17-14(15)21)10-5-3-2-4-6-10/h2-6,9,11H,7-8H2,1H3,(H,16,19)(H3,15,17,21). The van der Waals surface area contributed by atoms with Gasteiger partial charge in [-0.25, -0.2) is 4.79 Å². The molecule has 1 fully saturated rings. The molecule has 1 aromatic carbocycles.